The lowest BCUT2D eigenvalue weighted by atomic mass is 9.87. The number of anilines is 1. The van der Waals surface area contributed by atoms with Gasteiger partial charge in [-0.2, -0.15) is 13.2 Å². The van der Waals surface area contributed by atoms with Crippen molar-refractivity contribution in [3.63, 3.8) is 0 Å². The first-order valence-corrected chi connectivity index (χ1v) is 7.82. The number of nitrogens with two attached hydrogens (primary N) is 1. The summed E-state index contributed by atoms with van der Waals surface area (Å²) >= 11 is 0. The number of fused-ring (bicyclic) bond motifs is 1. The molecule has 1 aliphatic rings. The molecule has 0 fully saturated rings. The molecular formula is C18H17ClF4N2O. The maximum atomic E-state index is 14.1. The molecule has 0 radical (unpaired) electrons. The van der Waals surface area contributed by atoms with E-state index in [1.807, 2.05) is 6.07 Å². The minimum Gasteiger partial charge on any atom is -0.399 e. The van der Waals surface area contributed by atoms with Gasteiger partial charge in [-0.15, -0.1) is 12.4 Å². The average Bonchev–Trinajstić information content (AvgIpc) is 2.53. The van der Waals surface area contributed by atoms with Gasteiger partial charge in [-0.1, -0.05) is 12.1 Å². The lowest BCUT2D eigenvalue weighted by Crippen LogP contribution is -2.32. The minimum absolute atomic E-state index is 0. The van der Waals surface area contributed by atoms with Crippen molar-refractivity contribution >= 4 is 24.0 Å². The highest BCUT2D eigenvalue weighted by Gasteiger charge is 2.36. The van der Waals surface area contributed by atoms with Crippen molar-refractivity contribution in [1.29, 1.82) is 0 Å². The van der Waals surface area contributed by atoms with E-state index >= 15 is 0 Å². The third-order valence-electron chi connectivity index (χ3n) is 4.34. The van der Waals surface area contributed by atoms with Crippen LogP contribution < -0.4 is 11.1 Å². The van der Waals surface area contributed by atoms with Crippen LogP contribution in [0, 0.1) is 5.82 Å². The summed E-state index contributed by atoms with van der Waals surface area (Å²) in [5.74, 6) is -2.42. The second-order valence-electron chi connectivity index (χ2n) is 6.04. The predicted molar refractivity (Wildman–Crippen MR) is 92.6 cm³/mol. The number of benzene rings is 2. The molecule has 0 aliphatic heterocycles. The summed E-state index contributed by atoms with van der Waals surface area (Å²) < 4.78 is 52.5. The van der Waals surface area contributed by atoms with Gasteiger partial charge in [-0.3, -0.25) is 4.79 Å². The van der Waals surface area contributed by atoms with Crippen molar-refractivity contribution in [2.24, 2.45) is 0 Å². The molecule has 0 heterocycles. The van der Waals surface area contributed by atoms with Crippen LogP contribution in [0.4, 0.5) is 23.2 Å². The lowest BCUT2D eigenvalue weighted by molar-refractivity contribution is -0.140. The predicted octanol–water partition coefficient (Wildman–Crippen LogP) is 4.66. The maximum Gasteiger partial charge on any atom is 0.419 e. The molecule has 1 atom stereocenters. The van der Waals surface area contributed by atoms with E-state index in [1.165, 1.54) is 0 Å². The molecule has 0 saturated heterocycles. The fraction of sp³-hybridized carbons (Fsp3) is 0.278. The molecule has 3 N–H and O–H groups in total. The number of carbonyl (C=O) groups is 1. The van der Waals surface area contributed by atoms with E-state index in [1.54, 1.807) is 12.1 Å². The van der Waals surface area contributed by atoms with Gasteiger partial charge >= 0.3 is 6.18 Å². The van der Waals surface area contributed by atoms with Gasteiger partial charge < -0.3 is 11.1 Å². The van der Waals surface area contributed by atoms with E-state index in [0.717, 1.165) is 36.1 Å². The zero-order valence-electron chi connectivity index (χ0n) is 13.6. The van der Waals surface area contributed by atoms with Gasteiger partial charge in [0.25, 0.3) is 5.91 Å². The Hall–Kier alpha value is -2.28. The minimum atomic E-state index is -4.85. The fourth-order valence-corrected chi connectivity index (χ4v) is 3.15. The van der Waals surface area contributed by atoms with Gasteiger partial charge in [0.05, 0.1) is 17.2 Å². The fourth-order valence-electron chi connectivity index (χ4n) is 3.15. The molecule has 26 heavy (non-hydrogen) atoms. The molecule has 8 heteroatoms. The summed E-state index contributed by atoms with van der Waals surface area (Å²) in [4.78, 5) is 12.3. The Morgan fingerprint density at radius 2 is 1.92 bits per heavy atom. The van der Waals surface area contributed by atoms with Gasteiger partial charge in [-0.05, 0) is 54.7 Å². The lowest BCUT2D eigenvalue weighted by Gasteiger charge is -2.27. The number of aryl methyl sites for hydroxylation is 1. The normalized spacial score (nSPS) is 16.4. The van der Waals surface area contributed by atoms with Crippen molar-refractivity contribution in [2.45, 2.75) is 31.5 Å². The van der Waals surface area contributed by atoms with Crippen LogP contribution in [0.25, 0.3) is 0 Å². The van der Waals surface area contributed by atoms with E-state index in [0.29, 0.717) is 18.2 Å². The quantitative estimate of drug-likeness (QED) is 0.581. The molecule has 0 spiro atoms. The Bertz CT molecular complexity index is 823. The third kappa shape index (κ3) is 3.93. The Morgan fingerprint density at radius 1 is 1.19 bits per heavy atom. The number of hydrogen-bond acceptors (Lipinski definition) is 2. The van der Waals surface area contributed by atoms with Crippen LogP contribution in [0.1, 0.15) is 45.9 Å². The molecule has 1 unspecified atom stereocenters. The highest BCUT2D eigenvalue weighted by Crippen LogP contribution is 2.34. The molecule has 3 nitrogen and oxygen atoms in total. The molecule has 2 aromatic rings. The summed E-state index contributed by atoms with van der Waals surface area (Å²) in [6.45, 7) is 0. The van der Waals surface area contributed by atoms with Crippen LogP contribution in [0.3, 0.4) is 0 Å². The second kappa shape index (κ2) is 7.53. The van der Waals surface area contributed by atoms with Crippen LogP contribution in [0.15, 0.2) is 36.4 Å². The van der Waals surface area contributed by atoms with Crippen LogP contribution in [0.5, 0.6) is 0 Å². The SMILES string of the molecule is Cl.Nc1ccc2c(c1)CCCC2NC(=O)c1cccc(C(F)(F)F)c1F. The molecule has 3 rings (SSSR count). The topological polar surface area (TPSA) is 55.1 Å². The van der Waals surface area contributed by atoms with Crippen LogP contribution in [0.2, 0.25) is 0 Å². The van der Waals surface area contributed by atoms with Crippen molar-refractivity contribution in [3.8, 4) is 0 Å². The number of nitrogen functional groups attached to an aromatic ring is 1. The molecule has 0 bridgehead atoms. The van der Waals surface area contributed by atoms with Gasteiger partial charge in [-0.25, -0.2) is 4.39 Å². The van der Waals surface area contributed by atoms with Gasteiger partial charge in [0, 0.05) is 5.69 Å². The van der Waals surface area contributed by atoms with Crippen LogP contribution in [-0.2, 0) is 12.6 Å². The van der Waals surface area contributed by atoms with Crippen LogP contribution >= 0.6 is 12.4 Å². The van der Waals surface area contributed by atoms with E-state index < -0.39 is 29.0 Å². The smallest absolute Gasteiger partial charge is 0.399 e. The summed E-state index contributed by atoms with van der Waals surface area (Å²) in [6, 6.07) is 7.61. The first kappa shape index (κ1) is 20.0. The third-order valence-corrected chi connectivity index (χ3v) is 4.34. The molecule has 0 aromatic heterocycles. The number of nitrogens with one attached hydrogen (secondary N) is 1. The van der Waals surface area contributed by atoms with Crippen LogP contribution in [-0.4, -0.2) is 5.91 Å². The zero-order chi connectivity index (χ0) is 18.2. The van der Waals surface area contributed by atoms with Crippen molar-refractivity contribution in [1.82, 2.24) is 5.32 Å². The average molecular weight is 389 g/mol. The van der Waals surface area contributed by atoms with Gasteiger partial charge in [0.15, 0.2) is 0 Å². The first-order valence-electron chi connectivity index (χ1n) is 7.82. The molecule has 1 amide bonds. The van der Waals surface area contributed by atoms with Gasteiger partial charge in [0.1, 0.15) is 5.82 Å². The van der Waals surface area contributed by atoms with E-state index in [-0.39, 0.29) is 18.4 Å². The number of rotatable bonds is 2. The Labute approximate surface area is 154 Å². The van der Waals surface area contributed by atoms with E-state index in [4.69, 9.17) is 5.73 Å². The standard InChI is InChI=1S/C18H16F4N2O.ClH/c19-16-13(4-2-5-14(16)18(20,21)22)17(25)24-15-6-1-3-10-9-11(23)7-8-12(10)15;/h2,4-5,7-9,15H,1,3,6,23H2,(H,24,25);1H. The number of hydrogen-bond donors (Lipinski definition) is 2. The monoisotopic (exact) mass is 388 g/mol. The number of amides is 1. The largest absolute Gasteiger partial charge is 0.419 e. The molecule has 2 aromatic carbocycles. The number of halogens is 5. The Morgan fingerprint density at radius 3 is 2.62 bits per heavy atom. The van der Waals surface area contributed by atoms with Gasteiger partial charge in [0.2, 0.25) is 0 Å². The zero-order valence-corrected chi connectivity index (χ0v) is 14.4. The Kier molecular flexibility index (Phi) is 5.81. The molecule has 1 aliphatic carbocycles. The summed E-state index contributed by atoms with van der Waals surface area (Å²) in [5, 5.41) is 2.64. The maximum absolute atomic E-state index is 14.1. The second-order valence-corrected chi connectivity index (χ2v) is 6.04. The van der Waals surface area contributed by atoms with Crippen molar-refractivity contribution in [2.75, 3.05) is 5.73 Å². The summed E-state index contributed by atoms with van der Waals surface area (Å²) in [5.41, 5.74) is 6.15. The molecular weight excluding hydrogens is 372 g/mol. The Balaban J connectivity index is 0.00000243. The van der Waals surface area contributed by atoms with E-state index in [2.05, 4.69) is 5.32 Å². The highest BCUT2D eigenvalue weighted by molar-refractivity contribution is 5.95. The van der Waals surface area contributed by atoms with Crippen molar-refractivity contribution in [3.05, 3.63) is 64.5 Å². The van der Waals surface area contributed by atoms with E-state index in [9.17, 15) is 22.4 Å². The summed E-state index contributed by atoms with van der Waals surface area (Å²) in [6.07, 6.45) is -2.62. The summed E-state index contributed by atoms with van der Waals surface area (Å²) in [7, 11) is 0. The molecule has 140 valence electrons. The highest BCUT2D eigenvalue weighted by atomic mass is 35.5. The van der Waals surface area contributed by atoms with Crippen molar-refractivity contribution < 1.29 is 22.4 Å². The number of alkyl halides is 3. The molecule has 0 saturated carbocycles. The number of carbonyl (C=O) groups excluding carboxylic acids is 1. The first-order chi connectivity index (χ1) is 11.8.